The van der Waals surface area contributed by atoms with Crippen LogP contribution in [0.2, 0.25) is 0 Å². The molecule has 1 aromatic rings. The molecule has 1 atom stereocenters. The molecule has 1 heterocycles. The fraction of sp³-hybridized carbons (Fsp3) is 0.462. The molecule has 0 saturated carbocycles. The lowest BCUT2D eigenvalue weighted by Gasteiger charge is -2.21. The summed E-state index contributed by atoms with van der Waals surface area (Å²) in [6.07, 6.45) is 0. The van der Waals surface area contributed by atoms with Gasteiger partial charge in [0.05, 0.1) is 0 Å². The molecule has 0 aliphatic carbocycles. The Kier molecular flexibility index (Phi) is 4.83. The summed E-state index contributed by atoms with van der Waals surface area (Å²) in [6.45, 7) is 2.67. The second kappa shape index (κ2) is 6.38. The first-order valence-corrected chi connectivity index (χ1v) is 8.21. The van der Waals surface area contributed by atoms with Gasteiger partial charge in [-0.05, 0) is 24.6 Å². The SMILES string of the molecule is Cc1ccc(N)cc1C(=O)NCC1CSCCS1. The van der Waals surface area contributed by atoms with Crippen molar-refractivity contribution in [2.75, 3.05) is 29.5 Å². The van der Waals surface area contributed by atoms with E-state index in [4.69, 9.17) is 5.73 Å². The van der Waals surface area contributed by atoms with Gasteiger partial charge in [0.1, 0.15) is 0 Å². The van der Waals surface area contributed by atoms with Crippen molar-refractivity contribution in [1.29, 1.82) is 0 Å². The van der Waals surface area contributed by atoms with Crippen LogP contribution in [0.4, 0.5) is 5.69 Å². The second-order valence-electron chi connectivity index (χ2n) is 4.35. The maximum absolute atomic E-state index is 12.1. The average Bonchev–Trinajstić information content (AvgIpc) is 2.40. The monoisotopic (exact) mass is 282 g/mol. The Balaban J connectivity index is 1.92. The zero-order chi connectivity index (χ0) is 13.0. The maximum Gasteiger partial charge on any atom is 0.251 e. The third kappa shape index (κ3) is 3.59. The molecule has 5 heteroatoms. The highest BCUT2D eigenvalue weighted by molar-refractivity contribution is 8.06. The van der Waals surface area contributed by atoms with Gasteiger partial charge in [0.2, 0.25) is 0 Å². The number of hydrogen-bond acceptors (Lipinski definition) is 4. The van der Waals surface area contributed by atoms with Crippen molar-refractivity contribution in [2.24, 2.45) is 0 Å². The Morgan fingerprint density at radius 3 is 3.06 bits per heavy atom. The van der Waals surface area contributed by atoms with Gasteiger partial charge in [-0.3, -0.25) is 4.79 Å². The van der Waals surface area contributed by atoms with Gasteiger partial charge >= 0.3 is 0 Å². The molecule has 3 N–H and O–H groups in total. The third-order valence-corrected chi connectivity index (χ3v) is 5.73. The molecule has 2 rings (SSSR count). The summed E-state index contributed by atoms with van der Waals surface area (Å²) in [7, 11) is 0. The number of nitrogens with one attached hydrogen (secondary N) is 1. The minimum atomic E-state index is -0.0176. The van der Waals surface area contributed by atoms with E-state index in [-0.39, 0.29) is 5.91 Å². The van der Waals surface area contributed by atoms with E-state index in [1.165, 1.54) is 11.5 Å². The molecular formula is C13H18N2OS2. The molecular weight excluding hydrogens is 264 g/mol. The minimum Gasteiger partial charge on any atom is -0.399 e. The van der Waals surface area contributed by atoms with Crippen molar-refractivity contribution in [1.82, 2.24) is 5.32 Å². The van der Waals surface area contributed by atoms with Gasteiger partial charge in [0, 0.05) is 40.3 Å². The Hall–Kier alpha value is -0.810. The number of nitrogens with two attached hydrogens (primary N) is 1. The van der Waals surface area contributed by atoms with Crippen molar-refractivity contribution in [2.45, 2.75) is 12.2 Å². The van der Waals surface area contributed by atoms with Gasteiger partial charge in [-0.15, -0.1) is 0 Å². The zero-order valence-electron chi connectivity index (χ0n) is 10.4. The van der Waals surface area contributed by atoms with E-state index >= 15 is 0 Å². The highest BCUT2D eigenvalue weighted by Gasteiger charge is 2.16. The van der Waals surface area contributed by atoms with Crippen LogP contribution in [-0.4, -0.2) is 35.0 Å². The van der Waals surface area contributed by atoms with E-state index in [1.54, 1.807) is 6.07 Å². The second-order valence-corrected chi connectivity index (χ2v) is 6.91. The van der Waals surface area contributed by atoms with E-state index in [9.17, 15) is 4.79 Å². The molecule has 1 aromatic carbocycles. The first kappa shape index (κ1) is 13.6. The number of amides is 1. The van der Waals surface area contributed by atoms with Crippen molar-refractivity contribution >= 4 is 35.1 Å². The van der Waals surface area contributed by atoms with Crippen LogP contribution in [0.25, 0.3) is 0 Å². The van der Waals surface area contributed by atoms with Crippen molar-refractivity contribution in [3.05, 3.63) is 29.3 Å². The Labute approximate surface area is 116 Å². The van der Waals surface area contributed by atoms with Crippen molar-refractivity contribution in [3.8, 4) is 0 Å². The summed E-state index contributed by atoms with van der Waals surface area (Å²) in [5, 5.41) is 3.54. The van der Waals surface area contributed by atoms with Crippen LogP contribution in [0.5, 0.6) is 0 Å². The molecule has 0 radical (unpaired) electrons. The minimum absolute atomic E-state index is 0.0176. The lowest BCUT2D eigenvalue weighted by molar-refractivity contribution is 0.0953. The van der Waals surface area contributed by atoms with Crippen LogP contribution in [0.15, 0.2) is 18.2 Å². The zero-order valence-corrected chi connectivity index (χ0v) is 12.1. The molecule has 98 valence electrons. The summed E-state index contributed by atoms with van der Waals surface area (Å²) in [5.41, 5.74) is 8.00. The van der Waals surface area contributed by atoms with Gasteiger partial charge in [0.15, 0.2) is 0 Å². The normalized spacial score (nSPS) is 19.5. The maximum atomic E-state index is 12.1. The lowest BCUT2D eigenvalue weighted by Crippen LogP contribution is -2.33. The van der Waals surface area contributed by atoms with Crippen LogP contribution < -0.4 is 11.1 Å². The molecule has 0 bridgehead atoms. The van der Waals surface area contributed by atoms with E-state index in [1.807, 2.05) is 42.6 Å². The standard InChI is InChI=1S/C13H18N2OS2/c1-9-2-3-10(14)6-12(9)13(16)15-7-11-8-17-4-5-18-11/h2-3,6,11H,4-5,7-8,14H2,1H3,(H,15,16). The average molecular weight is 282 g/mol. The smallest absolute Gasteiger partial charge is 0.251 e. The van der Waals surface area contributed by atoms with Gasteiger partial charge in [-0.2, -0.15) is 23.5 Å². The number of anilines is 1. The Morgan fingerprint density at radius 1 is 1.50 bits per heavy atom. The molecule has 1 saturated heterocycles. The molecule has 18 heavy (non-hydrogen) atoms. The number of carbonyl (C=O) groups is 1. The van der Waals surface area contributed by atoms with Gasteiger partial charge in [-0.25, -0.2) is 0 Å². The van der Waals surface area contributed by atoms with Gasteiger partial charge < -0.3 is 11.1 Å². The number of thioether (sulfide) groups is 2. The van der Waals surface area contributed by atoms with Crippen molar-refractivity contribution in [3.63, 3.8) is 0 Å². The number of nitrogen functional groups attached to an aromatic ring is 1. The summed E-state index contributed by atoms with van der Waals surface area (Å²) >= 11 is 3.91. The predicted molar refractivity (Wildman–Crippen MR) is 81.5 cm³/mol. The summed E-state index contributed by atoms with van der Waals surface area (Å²) < 4.78 is 0. The highest BCUT2D eigenvalue weighted by atomic mass is 32.2. The van der Waals surface area contributed by atoms with E-state index in [2.05, 4.69) is 5.32 Å². The number of hydrogen-bond donors (Lipinski definition) is 2. The molecule has 3 nitrogen and oxygen atoms in total. The van der Waals surface area contributed by atoms with Gasteiger partial charge in [-0.1, -0.05) is 6.07 Å². The molecule has 1 fully saturated rings. The molecule has 1 aliphatic rings. The van der Waals surface area contributed by atoms with Crippen LogP contribution in [0.3, 0.4) is 0 Å². The van der Waals surface area contributed by atoms with Crippen LogP contribution in [-0.2, 0) is 0 Å². The van der Waals surface area contributed by atoms with E-state index in [0.717, 1.165) is 17.9 Å². The molecule has 1 aliphatic heterocycles. The van der Waals surface area contributed by atoms with Crippen LogP contribution in [0.1, 0.15) is 15.9 Å². The Bertz CT molecular complexity index is 431. The fourth-order valence-electron chi connectivity index (χ4n) is 1.84. The van der Waals surface area contributed by atoms with Gasteiger partial charge in [0.25, 0.3) is 5.91 Å². The quantitative estimate of drug-likeness (QED) is 0.834. The fourth-order valence-corrected chi connectivity index (χ4v) is 4.45. The van der Waals surface area contributed by atoms with E-state index < -0.39 is 0 Å². The topological polar surface area (TPSA) is 55.1 Å². The van der Waals surface area contributed by atoms with E-state index in [0.29, 0.717) is 16.5 Å². The largest absolute Gasteiger partial charge is 0.399 e. The first-order chi connectivity index (χ1) is 8.66. The lowest BCUT2D eigenvalue weighted by atomic mass is 10.1. The molecule has 1 unspecified atom stereocenters. The number of benzene rings is 1. The highest BCUT2D eigenvalue weighted by Crippen LogP contribution is 2.23. The summed E-state index contributed by atoms with van der Waals surface area (Å²) in [6, 6.07) is 5.45. The molecule has 0 aromatic heterocycles. The predicted octanol–water partition coefficient (Wildman–Crippen LogP) is 2.16. The molecule has 0 spiro atoms. The van der Waals surface area contributed by atoms with Crippen molar-refractivity contribution < 1.29 is 4.79 Å². The number of carbonyl (C=O) groups excluding carboxylic acids is 1. The number of aryl methyl sites for hydroxylation is 1. The van der Waals surface area contributed by atoms with Crippen LogP contribution in [0, 0.1) is 6.92 Å². The summed E-state index contributed by atoms with van der Waals surface area (Å²) in [5.74, 6) is 3.52. The Morgan fingerprint density at radius 2 is 2.33 bits per heavy atom. The van der Waals surface area contributed by atoms with Crippen LogP contribution >= 0.6 is 23.5 Å². The molecule has 1 amide bonds. The third-order valence-electron chi connectivity index (χ3n) is 2.88. The first-order valence-electron chi connectivity index (χ1n) is 6.00. The summed E-state index contributed by atoms with van der Waals surface area (Å²) in [4.78, 5) is 12.1. The number of rotatable bonds is 3.